The van der Waals surface area contributed by atoms with Crippen molar-refractivity contribution in [1.29, 1.82) is 0 Å². The van der Waals surface area contributed by atoms with Crippen LogP contribution in [0.4, 0.5) is 0 Å². The molecule has 0 unspecified atom stereocenters. The van der Waals surface area contributed by atoms with Crippen molar-refractivity contribution in [3.63, 3.8) is 0 Å². The van der Waals surface area contributed by atoms with Crippen molar-refractivity contribution in [2.75, 3.05) is 19.5 Å². The van der Waals surface area contributed by atoms with Crippen LogP contribution in [-0.2, 0) is 11.3 Å². The molecule has 0 spiro atoms. The van der Waals surface area contributed by atoms with Crippen molar-refractivity contribution in [1.82, 2.24) is 0 Å². The van der Waals surface area contributed by atoms with Crippen molar-refractivity contribution >= 4 is 12.6 Å². The summed E-state index contributed by atoms with van der Waals surface area (Å²) >= 11 is 3.53. The summed E-state index contributed by atoms with van der Waals surface area (Å²) in [6.07, 6.45) is 5.95. The summed E-state index contributed by atoms with van der Waals surface area (Å²) in [6.45, 7) is 1.84. The van der Waals surface area contributed by atoms with Gasteiger partial charge in [-0.15, -0.1) is 0 Å². The molecule has 0 atom stereocenters. The van der Waals surface area contributed by atoms with Gasteiger partial charge in [0.1, 0.15) is 0 Å². The van der Waals surface area contributed by atoms with E-state index in [9.17, 15) is 0 Å². The molecule has 3 heteroatoms. The van der Waals surface area contributed by atoms with Gasteiger partial charge >= 0.3 is 0 Å². The summed E-state index contributed by atoms with van der Waals surface area (Å²) in [4.78, 5) is 0. The normalized spacial score (nSPS) is 9.59. The zero-order chi connectivity index (χ0) is 12.8. The highest BCUT2D eigenvalue weighted by molar-refractivity contribution is 7.79. The van der Waals surface area contributed by atoms with Crippen molar-refractivity contribution in [3.05, 3.63) is 35.9 Å². The first-order valence-corrected chi connectivity index (χ1v) is 7.00. The number of unbranched alkanes of at least 4 members (excludes halogenated alkanes) is 3. The molecule has 0 aliphatic rings. The van der Waals surface area contributed by atoms with Crippen LogP contribution >= 0.6 is 12.6 Å². The standard InChI is InChI=1S/C13H20O2.CH4S/c14-10-6-1-2-7-11-15-12-13-8-4-3-5-9-13;1-2/h3-5,8-9,14H,1-2,6-7,10-12H2;2H,1H3. The number of aliphatic hydroxyl groups excluding tert-OH is 1. The number of hydrogen-bond donors (Lipinski definition) is 2. The lowest BCUT2D eigenvalue weighted by molar-refractivity contribution is 0.116. The molecule has 1 rings (SSSR count). The molecule has 0 bridgehead atoms. The van der Waals surface area contributed by atoms with Gasteiger partial charge in [0.05, 0.1) is 6.61 Å². The molecule has 0 aliphatic carbocycles. The second-order valence-electron chi connectivity index (χ2n) is 3.68. The lowest BCUT2D eigenvalue weighted by Gasteiger charge is -2.03. The number of benzene rings is 1. The van der Waals surface area contributed by atoms with Crippen molar-refractivity contribution in [2.45, 2.75) is 32.3 Å². The maximum absolute atomic E-state index is 8.59. The van der Waals surface area contributed by atoms with Crippen molar-refractivity contribution in [3.8, 4) is 0 Å². The van der Waals surface area contributed by atoms with Crippen LogP contribution in [-0.4, -0.2) is 24.6 Å². The zero-order valence-corrected chi connectivity index (χ0v) is 11.5. The van der Waals surface area contributed by atoms with E-state index in [4.69, 9.17) is 9.84 Å². The lowest BCUT2D eigenvalue weighted by atomic mass is 10.2. The fourth-order valence-corrected chi connectivity index (χ4v) is 1.43. The van der Waals surface area contributed by atoms with E-state index in [1.54, 1.807) is 6.26 Å². The summed E-state index contributed by atoms with van der Waals surface area (Å²) in [6, 6.07) is 10.2. The Balaban J connectivity index is 0.00000121. The molecule has 1 aromatic carbocycles. The second-order valence-corrected chi connectivity index (χ2v) is 3.68. The Morgan fingerprint density at radius 3 is 2.29 bits per heavy atom. The number of rotatable bonds is 8. The summed E-state index contributed by atoms with van der Waals surface area (Å²) in [5.41, 5.74) is 1.23. The molecular formula is C14H24O2S. The summed E-state index contributed by atoms with van der Waals surface area (Å²) in [5.74, 6) is 0. The third-order valence-corrected chi connectivity index (χ3v) is 2.31. The first kappa shape index (κ1) is 16.5. The fourth-order valence-electron chi connectivity index (χ4n) is 1.43. The molecule has 0 heterocycles. The third kappa shape index (κ3) is 10.4. The van der Waals surface area contributed by atoms with E-state index in [-0.39, 0.29) is 0 Å². The van der Waals surface area contributed by atoms with Gasteiger partial charge in [-0.2, -0.15) is 12.6 Å². The van der Waals surface area contributed by atoms with Crippen molar-refractivity contribution in [2.24, 2.45) is 0 Å². The van der Waals surface area contributed by atoms with E-state index < -0.39 is 0 Å². The van der Waals surface area contributed by atoms with Gasteiger partial charge in [0, 0.05) is 13.2 Å². The highest BCUT2D eigenvalue weighted by Gasteiger charge is 1.92. The smallest absolute Gasteiger partial charge is 0.0716 e. The Kier molecular flexibility index (Phi) is 13.1. The molecule has 0 fully saturated rings. The minimum absolute atomic E-state index is 0.310. The van der Waals surface area contributed by atoms with Gasteiger partial charge in [0.2, 0.25) is 0 Å². The second kappa shape index (κ2) is 13.6. The van der Waals surface area contributed by atoms with E-state index in [1.165, 1.54) is 5.56 Å². The van der Waals surface area contributed by atoms with Crippen LogP contribution in [0.25, 0.3) is 0 Å². The Morgan fingerprint density at radius 1 is 1.00 bits per heavy atom. The maximum atomic E-state index is 8.59. The highest BCUT2D eigenvalue weighted by Crippen LogP contribution is 2.03. The van der Waals surface area contributed by atoms with Gasteiger partial charge in [-0.25, -0.2) is 0 Å². The quantitative estimate of drug-likeness (QED) is 0.552. The van der Waals surface area contributed by atoms with Gasteiger partial charge in [0.25, 0.3) is 0 Å². The van der Waals surface area contributed by atoms with Crippen LogP contribution in [0.2, 0.25) is 0 Å². The maximum Gasteiger partial charge on any atom is 0.0716 e. The molecule has 0 amide bonds. The van der Waals surface area contributed by atoms with Crippen LogP contribution < -0.4 is 0 Å². The number of hydrogen-bond acceptors (Lipinski definition) is 3. The van der Waals surface area contributed by atoms with Crippen molar-refractivity contribution < 1.29 is 9.84 Å². The Labute approximate surface area is 110 Å². The molecule has 0 aliphatic heterocycles. The molecule has 0 saturated carbocycles. The fraction of sp³-hybridized carbons (Fsp3) is 0.571. The van der Waals surface area contributed by atoms with E-state index >= 15 is 0 Å². The number of ether oxygens (including phenoxy) is 1. The molecular weight excluding hydrogens is 232 g/mol. The van der Waals surface area contributed by atoms with E-state index in [0.717, 1.165) is 32.3 Å². The molecule has 0 radical (unpaired) electrons. The first-order valence-electron chi connectivity index (χ1n) is 6.11. The third-order valence-electron chi connectivity index (χ3n) is 2.31. The Bertz CT molecular complexity index is 239. The van der Waals surface area contributed by atoms with Crippen LogP contribution in [0.3, 0.4) is 0 Å². The van der Waals surface area contributed by atoms with E-state index in [1.807, 2.05) is 18.2 Å². The van der Waals surface area contributed by atoms with Gasteiger partial charge in [-0.3, -0.25) is 0 Å². The van der Waals surface area contributed by atoms with Gasteiger partial charge < -0.3 is 9.84 Å². The molecule has 2 nitrogen and oxygen atoms in total. The first-order chi connectivity index (χ1) is 8.43. The predicted molar refractivity (Wildman–Crippen MR) is 76.6 cm³/mol. The van der Waals surface area contributed by atoms with Crippen LogP contribution in [0.5, 0.6) is 0 Å². The summed E-state index contributed by atoms with van der Waals surface area (Å²) < 4.78 is 5.54. The van der Waals surface area contributed by atoms with Gasteiger partial charge in [-0.05, 0) is 24.7 Å². The zero-order valence-electron chi connectivity index (χ0n) is 10.6. The summed E-state index contributed by atoms with van der Waals surface area (Å²) in [7, 11) is 0. The number of thiol groups is 1. The largest absolute Gasteiger partial charge is 0.396 e. The SMILES string of the molecule is CS.OCCCCCCOCc1ccccc1. The number of aliphatic hydroxyl groups is 1. The van der Waals surface area contributed by atoms with Crippen LogP contribution in [0.15, 0.2) is 30.3 Å². The lowest BCUT2D eigenvalue weighted by Crippen LogP contribution is -1.95. The molecule has 98 valence electrons. The van der Waals surface area contributed by atoms with E-state index in [2.05, 4.69) is 24.8 Å². The van der Waals surface area contributed by atoms with Gasteiger partial charge in [0.15, 0.2) is 0 Å². The Hall–Kier alpha value is -0.510. The monoisotopic (exact) mass is 256 g/mol. The summed E-state index contributed by atoms with van der Waals surface area (Å²) in [5, 5.41) is 8.59. The minimum atomic E-state index is 0.310. The van der Waals surface area contributed by atoms with E-state index in [0.29, 0.717) is 13.2 Å². The topological polar surface area (TPSA) is 29.5 Å². The minimum Gasteiger partial charge on any atom is -0.396 e. The molecule has 1 N–H and O–H groups in total. The average Bonchev–Trinajstić information content (AvgIpc) is 2.41. The molecule has 0 saturated heterocycles. The molecule has 17 heavy (non-hydrogen) atoms. The predicted octanol–water partition coefficient (Wildman–Crippen LogP) is 3.30. The molecule has 1 aromatic rings. The highest BCUT2D eigenvalue weighted by atomic mass is 32.1. The molecule has 0 aromatic heterocycles. The Morgan fingerprint density at radius 2 is 1.65 bits per heavy atom. The van der Waals surface area contributed by atoms with Gasteiger partial charge in [-0.1, -0.05) is 43.2 Å². The van der Waals surface area contributed by atoms with Crippen LogP contribution in [0, 0.1) is 0 Å². The van der Waals surface area contributed by atoms with Crippen LogP contribution in [0.1, 0.15) is 31.2 Å². The average molecular weight is 256 g/mol.